The van der Waals surface area contributed by atoms with Crippen molar-refractivity contribution in [3.05, 3.63) is 0 Å². The summed E-state index contributed by atoms with van der Waals surface area (Å²) in [4.78, 5) is 0. The van der Waals surface area contributed by atoms with Gasteiger partial charge in [0.1, 0.15) is 0 Å². The first-order chi connectivity index (χ1) is 8.63. The Morgan fingerprint density at radius 3 is 2.06 bits per heavy atom. The van der Waals surface area contributed by atoms with Gasteiger partial charge in [-0.05, 0) is 43.7 Å². The van der Waals surface area contributed by atoms with Gasteiger partial charge in [0.15, 0.2) is 0 Å². The molecule has 0 radical (unpaired) electrons. The third kappa shape index (κ3) is 9.94. The molecule has 1 heteroatoms. The number of hydrogen-bond acceptors (Lipinski definition) is 1. The van der Waals surface area contributed by atoms with Gasteiger partial charge in [-0.1, -0.05) is 66.7 Å². The maximum Gasteiger partial charge on any atom is -0.00203 e. The van der Waals surface area contributed by atoms with Crippen LogP contribution in [0, 0.1) is 17.8 Å². The minimum atomic E-state index is 0.773. The van der Waals surface area contributed by atoms with Crippen LogP contribution in [-0.2, 0) is 0 Å². The summed E-state index contributed by atoms with van der Waals surface area (Å²) < 4.78 is 0. The molecule has 0 fully saturated rings. The fourth-order valence-corrected chi connectivity index (χ4v) is 2.74. The molecule has 0 spiro atoms. The lowest BCUT2D eigenvalue weighted by Crippen LogP contribution is -2.27. The van der Waals surface area contributed by atoms with Gasteiger partial charge in [-0.25, -0.2) is 0 Å². The monoisotopic (exact) mass is 255 g/mol. The molecule has 0 bridgehead atoms. The van der Waals surface area contributed by atoms with E-state index in [1.807, 2.05) is 0 Å². The number of rotatable bonds is 12. The minimum absolute atomic E-state index is 0.773. The van der Waals surface area contributed by atoms with Crippen molar-refractivity contribution in [3.8, 4) is 0 Å². The van der Waals surface area contributed by atoms with Crippen LogP contribution in [0.2, 0.25) is 0 Å². The molecular formula is C17H37N. The minimum Gasteiger partial charge on any atom is -0.316 e. The molecular weight excluding hydrogens is 218 g/mol. The lowest BCUT2D eigenvalue weighted by Gasteiger charge is -2.23. The van der Waals surface area contributed by atoms with E-state index in [1.54, 1.807) is 0 Å². The Labute approximate surface area is 116 Å². The third-order valence-electron chi connectivity index (χ3n) is 3.89. The molecule has 0 saturated carbocycles. The summed E-state index contributed by atoms with van der Waals surface area (Å²) in [7, 11) is 0. The fourth-order valence-electron chi connectivity index (χ4n) is 2.74. The first-order valence-electron chi connectivity index (χ1n) is 8.34. The summed E-state index contributed by atoms with van der Waals surface area (Å²) in [6, 6.07) is 0. The van der Waals surface area contributed by atoms with Gasteiger partial charge in [-0.3, -0.25) is 0 Å². The van der Waals surface area contributed by atoms with Crippen LogP contribution in [0.1, 0.15) is 79.6 Å². The molecule has 1 N–H and O–H groups in total. The van der Waals surface area contributed by atoms with Crippen LogP contribution < -0.4 is 5.32 Å². The van der Waals surface area contributed by atoms with Crippen molar-refractivity contribution >= 4 is 0 Å². The van der Waals surface area contributed by atoms with Crippen molar-refractivity contribution in [1.82, 2.24) is 5.32 Å². The van der Waals surface area contributed by atoms with E-state index in [9.17, 15) is 0 Å². The maximum atomic E-state index is 3.66. The van der Waals surface area contributed by atoms with E-state index in [2.05, 4.69) is 39.9 Å². The van der Waals surface area contributed by atoms with Gasteiger partial charge >= 0.3 is 0 Å². The van der Waals surface area contributed by atoms with Crippen LogP contribution >= 0.6 is 0 Å². The first kappa shape index (κ1) is 18.0. The molecule has 18 heavy (non-hydrogen) atoms. The van der Waals surface area contributed by atoms with E-state index in [1.165, 1.54) is 58.0 Å². The van der Waals surface area contributed by atoms with E-state index in [4.69, 9.17) is 0 Å². The zero-order valence-electron chi connectivity index (χ0n) is 13.6. The van der Waals surface area contributed by atoms with Crippen LogP contribution in [0.5, 0.6) is 0 Å². The first-order valence-corrected chi connectivity index (χ1v) is 8.34. The zero-order valence-corrected chi connectivity index (χ0v) is 13.6. The van der Waals surface area contributed by atoms with Gasteiger partial charge in [-0.15, -0.1) is 0 Å². The predicted molar refractivity (Wildman–Crippen MR) is 84.0 cm³/mol. The second-order valence-electron chi connectivity index (χ2n) is 6.36. The van der Waals surface area contributed by atoms with E-state index in [-0.39, 0.29) is 0 Å². The summed E-state index contributed by atoms with van der Waals surface area (Å²) in [6.07, 6.45) is 9.74. The number of nitrogens with one attached hydrogen (secondary N) is 1. The molecule has 0 saturated heterocycles. The molecule has 0 aliphatic heterocycles. The fraction of sp³-hybridized carbons (Fsp3) is 1.00. The van der Waals surface area contributed by atoms with Gasteiger partial charge in [0.05, 0.1) is 0 Å². The molecule has 2 unspecified atom stereocenters. The Bertz CT molecular complexity index is 165. The highest BCUT2D eigenvalue weighted by Gasteiger charge is 2.14. The van der Waals surface area contributed by atoms with Crippen LogP contribution in [0.3, 0.4) is 0 Å². The van der Waals surface area contributed by atoms with Crippen LogP contribution in [0.4, 0.5) is 0 Å². The third-order valence-corrected chi connectivity index (χ3v) is 3.89. The molecule has 0 heterocycles. The van der Waals surface area contributed by atoms with Gasteiger partial charge < -0.3 is 5.32 Å². The summed E-state index contributed by atoms with van der Waals surface area (Å²) in [6.45, 7) is 14.0. The molecule has 0 aliphatic rings. The van der Waals surface area contributed by atoms with E-state index >= 15 is 0 Å². The van der Waals surface area contributed by atoms with Gasteiger partial charge in [0.2, 0.25) is 0 Å². The lowest BCUT2D eigenvalue weighted by molar-refractivity contribution is 0.308. The van der Waals surface area contributed by atoms with E-state index < -0.39 is 0 Å². The quantitative estimate of drug-likeness (QED) is 0.502. The number of hydrogen-bond donors (Lipinski definition) is 1. The van der Waals surface area contributed by atoms with Crippen LogP contribution in [0.25, 0.3) is 0 Å². The molecule has 0 aromatic carbocycles. The highest BCUT2D eigenvalue weighted by molar-refractivity contribution is 4.68. The van der Waals surface area contributed by atoms with Crippen molar-refractivity contribution in [2.45, 2.75) is 79.6 Å². The Morgan fingerprint density at radius 1 is 0.833 bits per heavy atom. The molecule has 0 rings (SSSR count). The van der Waals surface area contributed by atoms with Crippen molar-refractivity contribution in [3.63, 3.8) is 0 Å². The van der Waals surface area contributed by atoms with Crippen molar-refractivity contribution in [2.24, 2.45) is 17.8 Å². The number of unbranched alkanes of at least 4 members (excludes halogenated alkanes) is 1. The Hall–Kier alpha value is -0.0400. The summed E-state index contributed by atoms with van der Waals surface area (Å²) in [5.41, 5.74) is 0. The molecule has 0 aromatic rings. The normalized spacial score (nSPS) is 15.0. The summed E-state index contributed by atoms with van der Waals surface area (Å²) in [5.74, 6) is 2.63. The molecule has 2 atom stereocenters. The maximum absolute atomic E-state index is 3.66. The smallest absolute Gasteiger partial charge is 0.00203 e. The standard InChI is InChI=1S/C17H37N/c1-6-9-11-16(8-3)12-17(10-7-2)14-18-13-15(4)5/h15-18H,6-14H2,1-5H3. The van der Waals surface area contributed by atoms with E-state index in [0.717, 1.165) is 17.8 Å². The highest BCUT2D eigenvalue weighted by atomic mass is 14.9. The van der Waals surface area contributed by atoms with E-state index in [0.29, 0.717) is 0 Å². The average molecular weight is 255 g/mol. The molecule has 0 amide bonds. The SMILES string of the molecule is CCCCC(CC)CC(CCC)CNCC(C)C. The Balaban J connectivity index is 3.97. The summed E-state index contributed by atoms with van der Waals surface area (Å²) in [5, 5.41) is 3.66. The topological polar surface area (TPSA) is 12.0 Å². The molecule has 0 aliphatic carbocycles. The van der Waals surface area contributed by atoms with Crippen molar-refractivity contribution in [2.75, 3.05) is 13.1 Å². The predicted octanol–water partition coefficient (Wildman–Crippen LogP) is 5.25. The second-order valence-corrected chi connectivity index (χ2v) is 6.36. The van der Waals surface area contributed by atoms with Crippen molar-refractivity contribution < 1.29 is 0 Å². The molecule has 1 nitrogen and oxygen atoms in total. The van der Waals surface area contributed by atoms with Gasteiger partial charge in [-0.2, -0.15) is 0 Å². The summed E-state index contributed by atoms with van der Waals surface area (Å²) >= 11 is 0. The van der Waals surface area contributed by atoms with Crippen molar-refractivity contribution in [1.29, 1.82) is 0 Å². The van der Waals surface area contributed by atoms with Gasteiger partial charge in [0.25, 0.3) is 0 Å². The zero-order chi connectivity index (χ0) is 13.8. The molecule has 0 aromatic heterocycles. The largest absolute Gasteiger partial charge is 0.316 e. The van der Waals surface area contributed by atoms with Gasteiger partial charge in [0, 0.05) is 0 Å². The van der Waals surface area contributed by atoms with Crippen LogP contribution in [-0.4, -0.2) is 13.1 Å². The Morgan fingerprint density at radius 2 is 1.56 bits per heavy atom. The molecule has 110 valence electrons. The average Bonchev–Trinajstić information content (AvgIpc) is 2.33. The Kier molecular flexibility index (Phi) is 12.0. The lowest BCUT2D eigenvalue weighted by atomic mass is 9.86. The second kappa shape index (κ2) is 12.0. The van der Waals surface area contributed by atoms with Crippen LogP contribution in [0.15, 0.2) is 0 Å². The highest BCUT2D eigenvalue weighted by Crippen LogP contribution is 2.24.